The van der Waals surface area contributed by atoms with Crippen LogP contribution in [0.25, 0.3) is 0 Å². The number of oxime groups is 1. The number of hydrogen-bond acceptors (Lipinski definition) is 4. The van der Waals surface area contributed by atoms with Crippen LogP contribution < -0.4 is 10.6 Å². The molecule has 5 heteroatoms. The number of pyridine rings is 1. The van der Waals surface area contributed by atoms with E-state index in [4.69, 9.17) is 10.9 Å². The standard InChI is InChI=1S/C15H18N4O/c1-10-6-11(2)8-13(7-10)19(3)12-4-5-17-14(9-12)15(16)18-20/h4-9,20H,1-3H3,(H2,16,18). The van der Waals surface area contributed by atoms with Crippen molar-refractivity contribution in [2.45, 2.75) is 13.8 Å². The van der Waals surface area contributed by atoms with Crippen LogP contribution in [-0.2, 0) is 0 Å². The van der Waals surface area contributed by atoms with E-state index in [9.17, 15) is 0 Å². The molecular formula is C15H18N4O. The maximum Gasteiger partial charge on any atom is 0.188 e. The van der Waals surface area contributed by atoms with Gasteiger partial charge in [0.25, 0.3) is 0 Å². The lowest BCUT2D eigenvalue weighted by atomic mass is 10.1. The predicted octanol–water partition coefficient (Wildman–Crippen LogP) is 2.56. The van der Waals surface area contributed by atoms with Crippen LogP contribution in [0.5, 0.6) is 0 Å². The monoisotopic (exact) mass is 270 g/mol. The van der Waals surface area contributed by atoms with Gasteiger partial charge in [0.2, 0.25) is 0 Å². The quantitative estimate of drug-likeness (QED) is 0.389. The van der Waals surface area contributed by atoms with Gasteiger partial charge in [0.1, 0.15) is 5.69 Å². The molecule has 0 amide bonds. The van der Waals surface area contributed by atoms with Crippen molar-refractivity contribution < 1.29 is 5.21 Å². The van der Waals surface area contributed by atoms with Gasteiger partial charge in [-0.15, -0.1) is 0 Å². The first kappa shape index (κ1) is 13.9. The number of hydrogen-bond donors (Lipinski definition) is 2. The molecule has 0 aliphatic heterocycles. The molecule has 0 bridgehead atoms. The summed E-state index contributed by atoms with van der Waals surface area (Å²) in [4.78, 5) is 6.12. The largest absolute Gasteiger partial charge is 0.409 e. The summed E-state index contributed by atoms with van der Waals surface area (Å²) in [6.45, 7) is 4.14. The van der Waals surface area contributed by atoms with E-state index in [-0.39, 0.29) is 5.84 Å². The number of anilines is 2. The van der Waals surface area contributed by atoms with E-state index < -0.39 is 0 Å². The Balaban J connectivity index is 2.40. The van der Waals surface area contributed by atoms with Gasteiger partial charge in [-0.2, -0.15) is 0 Å². The Kier molecular flexibility index (Phi) is 3.89. The smallest absolute Gasteiger partial charge is 0.188 e. The molecule has 0 saturated heterocycles. The molecule has 20 heavy (non-hydrogen) atoms. The zero-order valence-electron chi connectivity index (χ0n) is 11.8. The summed E-state index contributed by atoms with van der Waals surface area (Å²) in [5, 5.41) is 11.7. The summed E-state index contributed by atoms with van der Waals surface area (Å²) in [7, 11) is 1.97. The van der Waals surface area contributed by atoms with Crippen LogP contribution in [0, 0.1) is 13.8 Å². The number of amidine groups is 1. The minimum atomic E-state index is 0.000623. The predicted molar refractivity (Wildman–Crippen MR) is 80.7 cm³/mol. The summed E-state index contributed by atoms with van der Waals surface area (Å²) in [5.41, 5.74) is 10.4. The molecule has 1 aromatic carbocycles. The van der Waals surface area contributed by atoms with Gasteiger partial charge < -0.3 is 15.8 Å². The average Bonchev–Trinajstić information content (AvgIpc) is 2.44. The van der Waals surface area contributed by atoms with Gasteiger partial charge in [0.05, 0.1) is 0 Å². The third-order valence-electron chi connectivity index (χ3n) is 3.09. The Morgan fingerprint density at radius 1 is 1.15 bits per heavy atom. The van der Waals surface area contributed by atoms with Crippen molar-refractivity contribution in [3.05, 3.63) is 53.3 Å². The minimum Gasteiger partial charge on any atom is -0.409 e. The molecule has 0 atom stereocenters. The van der Waals surface area contributed by atoms with E-state index in [0.29, 0.717) is 5.69 Å². The summed E-state index contributed by atoms with van der Waals surface area (Å²) in [6.07, 6.45) is 1.64. The summed E-state index contributed by atoms with van der Waals surface area (Å²) in [6, 6.07) is 10.0. The van der Waals surface area contributed by atoms with Crippen LogP contribution in [0.1, 0.15) is 16.8 Å². The molecule has 3 N–H and O–H groups in total. The van der Waals surface area contributed by atoms with E-state index >= 15 is 0 Å². The number of aryl methyl sites for hydroxylation is 2. The topological polar surface area (TPSA) is 74.7 Å². The molecule has 0 unspecified atom stereocenters. The Labute approximate surface area is 118 Å². The van der Waals surface area contributed by atoms with E-state index in [1.807, 2.05) is 18.0 Å². The molecule has 5 nitrogen and oxygen atoms in total. The number of rotatable bonds is 3. The first-order valence-electron chi connectivity index (χ1n) is 6.27. The maximum absolute atomic E-state index is 8.72. The fourth-order valence-electron chi connectivity index (χ4n) is 2.11. The Bertz CT molecular complexity index is 632. The molecule has 0 aliphatic carbocycles. The van der Waals surface area contributed by atoms with Crippen LogP contribution >= 0.6 is 0 Å². The van der Waals surface area contributed by atoms with E-state index in [1.165, 1.54) is 11.1 Å². The van der Waals surface area contributed by atoms with Gasteiger partial charge in [-0.3, -0.25) is 4.98 Å². The number of benzene rings is 1. The van der Waals surface area contributed by atoms with Crippen molar-refractivity contribution in [2.24, 2.45) is 10.9 Å². The summed E-state index contributed by atoms with van der Waals surface area (Å²) in [5.74, 6) is 0.000623. The van der Waals surface area contributed by atoms with E-state index in [0.717, 1.165) is 11.4 Å². The fraction of sp³-hybridized carbons (Fsp3) is 0.200. The highest BCUT2D eigenvalue weighted by Crippen LogP contribution is 2.25. The normalized spacial score (nSPS) is 11.4. The average molecular weight is 270 g/mol. The zero-order valence-corrected chi connectivity index (χ0v) is 11.8. The van der Waals surface area contributed by atoms with Crippen molar-refractivity contribution in [3.8, 4) is 0 Å². The van der Waals surface area contributed by atoms with Gasteiger partial charge in [0, 0.05) is 24.6 Å². The van der Waals surface area contributed by atoms with Gasteiger partial charge in [0.15, 0.2) is 5.84 Å². The molecule has 2 aromatic rings. The molecule has 0 spiro atoms. The number of nitrogens with zero attached hydrogens (tertiary/aromatic N) is 3. The molecule has 2 rings (SSSR count). The van der Waals surface area contributed by atoms with Gasteiger partial charge >= 0.3 is 0 Å². The van der Waals surface area contributed by atoms with Gasteiger partial charge in [-0.05, 0) is 49.2 Å². The third-order valence-corrected chi connectivity index (χ3v) is 3.09. The molecular weight excluding hydrogens is 252 g/mol. The van der Waals surface area contributed by atoms with E-state index in [2.05, 4.69) is 42.2 Å². The lowest BCUT2D eigenvalue weighted by Gasteiger charge is -2.21. The van der Waals surface area contributed by atoms with Crippen LogP contribution in [0.3, 0.4) is 0 Å². The number of nitrogens with two attached hydrogens (primary N) is 1. The van der Waals surface area contributed by atoms with Crippen molar-refractivity contribution in [1.82, 2.24) is 4.98 Å². The second-order valence-corrected chi connectivity index (χ2v) is 4.79. The maximum atomic E-state index is 8.72. The SMILES string of the molecule is Cc1cc(C)cc(N(C)c2ccnc(C(N)=NO)c2)c1. The number of aromatic nitrogens is 1. The second-order valence-electron chi connectivity index (χ2n) is 4.79. The van der Waals surface area contributed by atoms with Crippen molar-refractivity contribution in [2.75, 3.05) is 11.9 Å². The minimum absolute atomic E-state index is 0.000623. The summed E-state index contributed by atoms with van der Waals surface area (Å²) < 4.78 is 0. The van der Waals surface area contributed by atoms with E-state index in [1.54, 1.807) is 12.3 Å². The summed E-state index contributed by atoms with van der Waals surface area (Å²) >= 11 is 0. The van der Waals surface area contributed by atoms with Crippen molar-refractivity contribution in [1.29, 1.82) is 0 Å². The van der Waals surface area contributed by atoms with Crippen molar-refractivity contribution >= 4 is 17.2 Å². The fourth-order valence-corrected chi connectivity index (χ4v) is 2.11. The first-order valence-corrected chi connectivity index (χ1v) is 6.27. The highest BCUT2D eigenvalue weighted by molar-refractivity contribution is 5.96. The molecule has 1 aromatic heterocycles. The lowest BCUT2D eigenvalue weighted by molar-refractivity contribution is 0.318. The molecule has 0 saturated carbocycles. The first-order chi connectivity index (χ1) is 9.51. The molecule has 0 fully saturated rings. The highest BCUT2D eigenvalue weighted by atomic mass is 16.4. The Morgan fingerprint density at radius 2 is 1.80 bits per heavy atom. The zero-order chi connectivity index (χ0) is 14.7. The Morgan fingerprint density at radius 3 is 2.40 bits per heavy atom. The van der Waals surface area contributed by atoms with Crippen LogP contribution in [0.15, 0.2) is 41.7 Å². The highest BCUT2D eigenvalue weighted by Gasteiger charge is 2.08. The molecule has 1 heterocycles. The van der Waals surface area contributed by atoms with Crippen LogP contribution in [0.2, 0.25) is 0 Å². The van der Waals surface area contributed by atoms with Crippen LogP contribution in [0.4, 0.5) is 11.4 Å². The molecule has 0 radical (unpaired) electrons. The van der Waals surface area contributed by atoms with Crippen LogP contribution in [-0.4, -0.2) is 23.1 Å². The lowest BCUT2D eigenvalue weighted by Crippen LogP contribution is -2.17. The van der Waals surface area contributed by atoms with Gasteiger partial charge in [-0.1, -0.05) is 11.2 Å². The molecule has 104 valence electrons. The Hall–Kier alpha value is -2.56. The van der Waals surface area contributed by atoms with Gasteiger partial charge in [-0.25, -0.2) is 0 Å². The molecule has 0 aliphatic rings. The van der Waals surface area contributed by atoms with Crippen molar-refractivity contribution in [3.63, 3.8) is 0 Å². The second kappa shape index (κ2) is 5.61. The third kappa shape index (κ3) is 2.88.